The van der Waals surface area contributed by atoms with Crippen LogP contribution in [0.5, 0.6) is 0 Å². The summed E-state index contributed by atoms with van der Waals surface area (Å²) in [6.45, 7) is 5.41. The van der Waals surface area contributed by atoms with Crippen LogP contribution in [0.3, 0.4) is 0 Å². The summed E-state index contributed by atoms with van der Waals surface area (Å²) in [5.74, 6) is 0. The summed E-state index contributed by atoms with van der Waals surface area (Å²) in [5, 5.41) is 2.02. The van der Waals surface area contributed by atoms with Crippen molar-refractivity contribution < 1.29 is 14.4 Å². The maximum absolute atomic E-state index is 12.0. The van der Waals surface area contributed by atoms with Gasteiger partial charge in [0.25, 0.3) is 0 Å². The SMILES string of the molecule is CC(C)(C)OC(=O)On1c2ccccc2c2cc(Br)ccc21. The zero-order valence-electron chi connectivity index (χ0n) is 12.6. The quantitative estimate of drug-likeness (QED) is 0.577. The maximum atomic E-state index is 12.0. The third kappa shape index (κ3) is 2.81. The minimum absolute atomic E-state index is 0.598. The lowest BCUT2D eigenvalue weighted by atomic mass is 10.2. The molecular weight excluding hydrogens is 346 g/mol. The smallest absolute Gasteiger partial charge is 0.427 e. The van der Waals surface area contributed by atoms with E-state index in [4.69, 9.17) is 9.57 Å². The topological polar surface area (TPSA) is 40.5 Å². The molecule has 0 bridgehead atoms. The zero-order chi connectivity index (χ0) is 15.9. The van der Waals surface area contributed by atoms with Crippen LogP contribution in [0.4, 0.5) is 4.79 Å². The summed E-state index contributed by atoms with van der Waals surface area (Å²) >= 11 is 3.48. The van der Waals surface area contributed by atoms with Crippen molar-refractivity contribution in [2.75, 3.05) is 0 Å². The van der Waals surface area contributed by atoms with Crippen LogP contribution in [0.15, 0.2) is 46.9 Å². The number of hydrogen-bond donors (Lipinski definition) is 0. The van der Waals surface area contributed by atoms with Crippen molar-refractivity contribution in [2.45, 2.75) is 26.4 Å². The van der Waals surface area contributed by atoms with Crippen LogP contribution in [0.1, 0.15) is 20.8 Å². The van der Waals surface area contributed by atoms with Gasteiger partial charge in [0.05, 0.1) is 11.0 Å². The molecule has 5 heteroatoms. The molecule has 0 aliphatic rings. The van der Waals surface area contributed by atoms with Crippen LogP contribution in [0, 0.1) is 0 Å². The summed E-state index contributed by atoms with van der Waals surface area (Å²) < 4.78 is 7.73. The minimum atomic E-state index is -0.724. The highest BCUT2D eigenvalue weighted by atomic mass is 79.9. The van der Waals surface area contributed by atoms with Gasteiger partial charge in [0.15, 0.2) is 0 Å². The van der Waals surface area contributed by atoms with Gasteiger partial charge in [-0.3, -0.25) is 0 Å². The fraction of sp³-hybridized carbons (Fsp3) is 0.235. The summed E-state index contributed by atoms with van der Waals surface area (Å²) in [6, 6.07) is 13.6. The molecule has 4 nitrogen and oxygen atoms in total. The third-order valence-corrected chi connectivity index (χ3v) is 3.64. The zero-order valence-corrected chi connectivity index (χ0v) is 14.2. The second kappa shape index (κ2) is 5.32. The molecule has 0 amide bonds. The van der Waals surface area contributed by atoms with E-state index in [2.05, 4.69) is 15.9 Å². The normalized spacial score (nSPS) is 11.8. The van der Waals surface area contributed by atoms with E-state index >= 15 is 0 Å². The van der Waals surface area contributed by atoms with Crippen molar-refractivity contribution in [1.29, 1.82) is 0 Å². The van der Waals surface area contributed by atoms with Gasteiger partial charge < -0.3 is 9.57 Å². The number of carbonyl (C=O) groups excluding carboxylic acids is 1. The molecule has 0 aliphatic carbocycles. The van der Waals surface area contributed by atoms with Gasteiger partial charge in [0.2, 0.25) is 0 Å². The summed E-state index contributed by atoms with van der Waals surface area (Å²) in [6.07, 6.45) is -0.724. The standard InChI is InChI=1S/C17H16BrNO3/c1-17(2,3)21-16(20)22-19-14-7-5-4-6-12(14)13-10-11(18)8-9-15(13)19/h4-10H,1-3H3. The molecule has 0 N–H and O–H groups in total. The van der Waals surface area contributed by atoms with Gasteiger partial charge in [-0.1, -0.05) is 34.1 Å². The first-order valence-electron chi connectivity index (χ1n) is 6.95. The average Bonchev–Trinajstić information content (AvgIpc) is 2.71. The van der Waals surface area contributed by atoms with Crippen molar-refractivity contribution in [2.24, 2.45) is 0 Å². The number of para-hydroxylation sites is 1. The Morgan fingerprint density at radius 3 is 2.45 bits per heavy atom. The van der Waals surface area contributed by atoms with Crippen LogP contribution < -0.4 is 4.84 Å². The summed E-state index contributed by atoms with van der Waals surface area (Å²) in [4.78, 5) is 17.4. The van der Waals surface area contributed by atoms with E-state index in [1.54, 1.807) is 20.8 Å². The molecular formula is C17H16BrNO3. The molecule has 0 aliphatic heterocycles. The summed E-state index contributed by atoms with van der Waals surface area (Å²) in [7, 11) is 0. The minimum Gasteiger partial charge on any atom is -0.427 e. The highest BCUT2D eigenvalue weighted by molar-refractivity contribution is 9.10. The Labute approximate surface area is 136 Å². The molecule has 3 rings (SSSR count). The monoisotopic (exact) mass is 361 g/mol. The van der Waals surface area contributed by atoms with Gasteiger partial charge in [-0.25, -0.2) is 4.79 Å². The molecule has 3 aromatic rings. The highest BCUT2D eigenvalue weighted by Gasteiger charge is 2.20. The van der Waals surface area contributed by atoms with Crippen molar-refractivity contribution in [1.82, 2.24) is 4.73 Å². The van der Waals surface area contributed by atoms with Crippen LogP contribution in [0.25, 0.3) is 21.8 Å². The van der Waals surface area contributed by atoms with Crippen molar-refractivity contribution in [3.63, 3.8) is 0 Å². The summed E-state index contributed by atoms with van der Waals surface area (Å²) in [5.41, 5.74) is 1.04. The van der Waals surface area contributed by atoms with Crippen LogP contribution in [0.2, 0.25) is 0 Å². The Morgan fingerprint density at radius 2 is 1.73 bits per heavy atom. The molecule has 0 unspecified atom stereocenters. The van der Waals surface area contributed by atoms with Crippen LogP contribution in [-0.2, 0) is 4.74 Å². The van der Waals surface area contributed by atoms with Gasteiger partial charge >= 0.3 is 6.16 Å². The molecule has 0 saturated carbocycles. The molecule has 1 aromatic heterocycles. The molecule has 0 fully saturated rings. The van der Waals surface area contributed by atoms with Gasteiger partial charge in [-0.15, -0.1) is 0 Å². The number of carbonyl (C=O) groups is 1. The molecule has 0 atom stereocenters. The first-order valence-corrected chi connectivity index (χ1v) is 7.74. The molecule has 0 spiro atoms. The van der Waals surface area contributed by atoms with E-state index in [0.717, 1.165) is 26.3 Å². The fourth-order valence-corrected chi connectivity index (χ4v) is 2.71. The predicted octanol–water partition coefficient (Wildman–Crippen LogP) is 4.92. The average molecular weight is 362 g/mol. The van der Waals surface area contributed by atoms with Gasteiger partial charge in [-0.05, 0) is 45.0 Å². The Morgan fingerprint density at radius 1 is 1.05 bits per heavy atom. The largest absolute Gasteiger partial charge is 0.534 e. The molecule has 1 heterocycles. The Balaban J connectivity index is 2.13. The number of aromatic nitrogens is 1. The Bertz CT molecular complexity index is 861. The van der Waals surface area contributed by atoms with E-state index in [0.29, 0.717) is 0 Å². The number of halogens is 1. The number of benzene rings is 2. The van der Waals surface area contributed by atoms with Gasteiger partial charge in [0, 0.05) is 15.2 Å². The molecule has 114 valence electrons. The predicted molar refractivity (Wildman–Crippen MR) is 90.0 cm³/mol. The first kappa shape index (κ1) is 14.9. The maximum Gasteiger partial charge on any atom is 0.534 e. The van der Waals surface area contributed by atoms with Gasteiger partial charge in [-0.2, -0.15) is 4.73 Å². The third-order valence-electron chi connectivity index (χ3n) is 3.15. The van der Waals surface area contributed by atoms with Crippen LogP contribution in [-0.4, -0.2) is 16.5 Å². The Kier molecular flexibility index (Phi) is 3.60. The Hall–Kier alpha value is -2.01. The van der Waals surface area contributed by atoms with Crippen molar-refractivity contribution in [3.05, 3.63) is 46.9 Å². The first-order chi connectivity index (χ1) is 10.3. The second-order valence-electron chi connectivity index (χ2n) is 6.03. The number of fused-ring (bicyclic) bond motifs is 3. The number of nitrogens with zero attached hydrogens (tertiary/aromatic N) is 1. The highest BCUT2D eigenvalue weighted by Crippen LogP contribution is 2.30. The second-order valence-corrected chi connectivity index (χ2v) is 6.94. The van der Waals surface area contributed by atoms with E-state index in [1.165, 1.54) is 4.73 Å². The van der Waals surface area contributed by atoms with Crippen LogP contribution >= 0.6 is 15.9 Å². The van der Waals surface area contributed by atoms with E-state index in [9.17, 15) is 4.79 Å². The van der Waals surface area contributed by atoms with E-state index in [1.807, 2.05) is 42.5 Å². The fourth-order valence-electron chi connectivity index (χ4n) is 2.35. The molecule has 22 heavy (non-hydrogen) atoms. The lowest BCUT2D eigenvalue weighted by molar-refractivity contribution is -0.00687. The molecule has 0 saturated heterocycles. The van der Waals surface area contributed by atoms with Gasteiger partial charge in [0.1, 0.15) is 5.60 Å². The molecule has 2 aromatic carbocycles. The van der Waals surface area contributed by atoms with E-state index in [-0.39, 0.29) is 0 Å². The van der Waals surface area contributed by atoms with E-state index < -0.39 is 11.8 Å². The lowest BCUT2D eigenvalue weighted by Crippen LogP contribution is -2.29. The van der Waals surface area contributed by atoms with Crippen molar-refractivity contribution in [3.8, 4) is 0 Å². The number of rotatable bonds is 1. The van der Waals surface area contributed by atoms with Crippen molar-refractivity contribution >= 4 is 43.9 Å². The number of hydrogen-bond acceptors (Lipinski definition) is 3. The lowest BCUT2D eigenvalue weighted by Gasteiger charge is -2.19. The number of ether oxygens (including phenoxy) is 1. The molecule has 0 radical (unpaired) electrons.